The number of methoxy groups -OCH3 is 1. The topological polar surface area (TPSA) is 67.9 Å². The minimum atomic E-state index is -0.590. The maximum absolute atomic E-state index is 13.7. The van der Waals surface area contributed by atoms with Crippen molar-refractivity contribution in [3.63, 3.8) is 0 Å². The van der Waals surface area contributed by atoms with Crippen LogP contribution in [-0.2, 0) is 22.6 Å². The van der Waals surface area contributed by atoms with Crippen molar-refractivity contribution in [2.45, 2.75) is 63.6 Å². The molecule has 1 fully saturated rings. The Hall–Kier alpha value is -3.80. The van der Waals surface area contributed by atoms with E-state index >= 15 is 0 Å². The maximum atomic E-state index is 13.7. The Morgan fingerprint density at radius 3 is 2.11 bits per heavy atom. The highest BCUT2D eigenvalue weighted by molar-refractivity contribution is 5.88. The predicted molar refractivity (Wildman–Crippen MR) is 149 cm³/mol. The molecule has 0 heterocycles. The highest BCUT2D eigenvalue weighted by Crippen LogP contribution is 2.21. The first kappa shape index (κ1) is 27.2. The van der Waals surface area contributed by atoms with Crippen LogP contribution in [0.5, 0.6) is 11.5 Å². The third kappa shape index (κ3) is 8.10. The molecule has 3 aromatic carbocycles. The Bertz CT molecular complexity index is 1130. The first-order chi connectivity index (χ1) is 18.6. The van der Waals surface area contributed by atoms with E-state index in [1.807, 2.05) is 84.9 Å². The van der Waals surface area contributed by atoms with Gasteiger partial charge in [-0.15, -0.1) is 0 Å². The van der Waals surface area contributed by atoms with Crippen LogP contribution in [0.2, 0.25) is 0 Å². The summed E-state index contributed by atoms with van der Waals surface area (Å²) in [4.78, 5) is 29.1. The molecule has 6 heteroatoms. The normalized spacial score (nSPS) is 14.0. The van der Waals surface area contributed by atoms with Gasteiger partial charge in [0.15, 0.2) is 0 Å². The quantitative estimate of drug-likeness (QED) is 0.304. The number of hydrogen-bond acceptors (Lipinski definition) is 4. The van der Waals surface area contributed by atoms with Crippen molar-refractivity contribution in [3.05, 3.63) is 96.1 Å². The molecule has 1 N–H and O–H groups in total. The number of nitrogens with one attached hydrogen (secondary N) is 1. The second-order valence-electron chi connectivity index (χ2n) is 9.83. The minimum absolute atomic E-state index is 0.0466. The van der Waals surface area contributed by atoms with Gasteiger partial charge in [-0.3, -0.25) is 9.59 Å². The van der Waals surface area contributed by atoms with E-state index in [0.29, 0.717) is 32.4 Å². The Labute approximate surface area is 226 Å². The van der Waals surface area contributed by atoms with E-state index in [2.05, 4.69) is 5.32 Å². The summed E-state index contributed by atoms with van der Waals surface area (Å²) in [6, 6.07) is 26.8. The molecule has 0 saturated heterocycles. The third-order valence-electron chi connectivity index (χ3n) is 7.03. The highest BCUT2D eigenvalue weighted by atomic mass is 16.5. The van der Waals surface area contributed by atoms with E-state index in [1.54, 1.807) is 12.0 Å². The number of carbonyl (C=O) groups excluding carboxylic acids is 2. The summed E-state index contributed by atoms with van der Waals surface area (Å²) >= 11 is 0. The number of amides is 2. The van der Waals surface area contributed by atoms with Gasteiger partial charge in [0.2, 0.25) is 11.8 Å². The largest absolute Gasteiger partial charge is 0.497 e. The lowest BCUT2D eigenvalue weighted by Gasteiger charge is -2.32. The van der Waals surface area contributed by atoms with Gasteiger partial charge in [-0.1, -0.05) is 73.5 Å². The summed E-state index contributed by atoms with van der Waals surface area (Å²) in [6.45, 7) is 0.795. The van der Waals surface area contributed by atoms with Crippen molar-refractivity contribution in [1.82, 2.24) is 10.2 Å². The molecule has 4 rings (SSSR count). The lowest BCUT2D eigenvalue weighted by Crippen LogP contribution is -2.52. The molecule has 1 saturated carbocycles. The average Bonchev–Trinajstić information content (AvgIpc) is 3.47. The van der Waals surface area contributed by atoms with E-state index in [4.69, 9.17) is 9.47 Å². The summed E-state index contributed by atoms with van der Waals surface area (Å²) in [7, 11) is 1.63. The zero-order chi connectivity index (χ0) is 26.6. The van der Waals surface area contributed by atoms with Gasteiger partial charge < -0.3 is 19.7 Å². The van der Waals surface area contributed by atoms with Gasteiger partial charge in [0.1, 0.15) is 17.5 Å². The van der Waals surface area contributed by atoms with Crippen LogP contribution in [0.25, 0.3) is 0 Å². The predicted octanol–water partition coefficient (Wildman–Crippen LogP) is 5.55. The van der Waals surface area contributed by atoms with Crippen molar-refractivity contribution in [1.29, 1.82) is 0 Å². The van der Waals surface area contributed by atoms with Crippen molar-refractivity contribution in [2.24, 2.45) is 0 Å². The molecular formula is C32H38N2O4. The maximum Gasteiger partial charge on any atom is 0.243 e. The summed E-state index contributed by atoms with van der Waals surface area (Å²) in [5.74, 6) is 1.39. The fourth-order valence-electron chi connectivity index (χ4n) is 4.93. The highest BCUT2D eigenvalue weighted by Gasteiger charge is 2.31. The Morgan fingerprint density at radius 2 is 1.47 bits per heavy atom. The van der Waals surface area contributed by atoms with Crippen LogP contribution in [-0.4, -0.2) is 42.5 Å². The summed E-state index contributed by atoms with van der Waals surface area (Å²) < 4.78 is 11.0. The summed E-state index contributed by atoms with van der Waals surface area (Å²) in [5.41, 5.74) is 2.04. The summed E-state index contributed by atoms with van der Waals surface area (Å²) in [6.07, 6.45) is 5.59. The lowest BCUT2D eigenvalue weighted by molar-refractivity contribution is -0.141. The van der Waals surface area contributed by atoms with Gasteiger partial charge in [-0.25, -0.2) is 0 Å². The van der Waals surface area contributed by atoms with Gasteiger partial charge in [0.05, 0.1) is 13.7 Å². The molecule has 1 atom stereocenters. The molecule has 0 unspecified atom stereocenters. The first-order valence-corrected chi connectivity index (χ1v) is 13.6. The van der Waals surface area contributed by atoms with Gasteiger partial charge in [-0.05, 0) is 54.7 Å². The van der Waals surface area contributed by atoms with Crippen LogP contribution in [0.4, 0.5) is 0 Å². The molecule has 1 aliphatic rings. The number of benzene rings is 3. The van der Waals surface area contributed by atoms with Gasteiger partial charge >= 0.3 is 0 Å². The van der Waals surface area contributed by atoms with E-state index in [-0.39, 0.29) is 17.9 Å². The first-order valence-electron chi connectivity index (χ1n) is 13.6. The molecule has 0 radical (unpaired) electrons. The third-order valence-corrected chi connectivity index (χ3v) is 7.03. The Morgan fingerprint density at radius 1 is 0.868 bits per heavy atom. The number of nitrogens with zero attached hydrogens (tertiary/aromatic N) is 1. The molecule has 6 nitrogen and oxygen atoms in total. The van der Waals surface area contributed by atoms with Crippen molar-refractivity contribution in [3.8, 4) is 11.5 Å². The standard InChI is InChI=1S/C32H38N2O4/c1-37-28-18-20-29(21-19-28)38-22-10-17-31(35)34(24-26-13-6-3-7-14-26)30(23-25-11-4-2-5-12-25)32(36)33-27-15-8-9-16-27/h2-7,11-14,18-21,27,30H,8-10,15-17,22-24H2,1H3,(H,33,36)/t30-/m1/s1. The van der Waals surface area contributed by atoms with E-state index in [9.17, 15) is 9.59 Å². The van der Waals surface area contributed by atoms with E-state index < -0.39 is 6.04 Å². The van der Waals surface area contributed by atoms with Crippen LogP contribution in [0.1, 0.15) is 49.7 Å². The van der Waals surface area contributed by atoms with Crippen LogP contribution >= 0.6 is 0 Å². The fourth-order valence-corrected chi connectivity index (χ4v) is 4.93. The lowest BCUT2D eigenvalue weighted by atomic mass is 10.0. The molecule has 200 valence electrons. The second kappa shape index (κ2) is 14.2. The molecule has 0 spiro atoms. The SMILES string of the molecule is COc1ccc(OCCCC(=O)N(Cc2ccccc2)[C@H](Cc2ccccc2)C(=O)NC2CCCC2)cc1. The molecule has 0 aromatic heterocycles. The molecule has 2 amide bonds. The molecular weight excluding hydrogens is 476 g/mol. The molecule has 38 heavy (non-hydrogen) atoms. The monoisotopic (exact) mass is 514 g/mol. The molecule has 0 bridgehead atoms. The van der Waals surface area contributed by atoms with Crippen LogP contribution in [0.3, 0.4) is 0 Å². The van der Waals surface area contributed by atoms with Gasteiger partial charge in [0.25, 0.3) is 0 Å². The molecule has 0 aliphatic heterocycles. The van der Waals surface area contributed by atoms with E-state index in [0.717, 1.165) is 48.3 Å². The van der Waals surface area contributed by atoms with Crippen LogP contribution < -0.4 is 14.8 Å². The zero-order valence-electron chi connectivity index (χ0n) is 22.2. The van der Waals surface area contributed by atoms with Crippen molar-refractivity contribution >= 4 is 11.8 Å². The summed E-state index contributed by atoms with van der Waals surface area (Å²) in [5, 5.41) is 3.25. The molecule has 1 aliphatic carbocycles. The second-order valence-corrected chi connectivity index (χ2v) is 9.83. The number of ether oxygens (including phenoxy) is 2. The van der Waals surface area contributed by atoms with Gasteiger partial charge in [-0.2, -0.15) is 0 Å². The molecule has 3 aromatic rings. The van der Waals surface area contributed by atoms with Crippen LogP contribution in [0.15, 0.2) is 84.9 Å². The Balaban J connectivity index is 1.47. The van der Waals surface area contributed by atoms with Crippen LogP contribution in [0, 0.1) is 0 Å². The fraction of sp³-hybridized carbons (Fsp3) is 0.375. The van der Waals surface area contributed by atoms with Crippen molar-refractivity contribution < 1.29 is 19.1 Å². The number of carbonyl (C=O) groups is 2. The van der Waals surface area contributed by atoms with Gasteiger partial charge in [0, 0.05) is 25.4 Å². The zero-order valence-corrected chi connectivity index (χ0v) is 22.2. The van der Waals surface area contributed by atoms with Crippen molar-refractivity contribution in [2.75, 3.05) is 13.7 Å². The minimum Gasteiger partial charge on any atom is -0.497 e. The number of hydrogen-bond donors (Lipinski definition) is 1. The Kier molecular flexibility index (Phi) is 10.2. The number of rotatable bonds is 13. The average molecular weight is 515 g/mol. The smallest absolute Gasteiger partial charge is 0.243 e. The van der Waals surface area contributed by atoms with E-state index in [1.165, 1.54) is 0 Å².